The zero-order valence-corrected chi connectivity index (χ0v) is 18.5. The van der Waals surface area contributed by atoms with E-state index in [0.717, 1.165) is 16.2 Å². The highest BCUT2D eigenvalue weighted by molar-refractivity contribution is 7.99. The van der Waals surface area contributed by atoms with Crippen LogP contribution in [0.1, 0.15) is 21.5 Å². The molecule has 2 N–H and O–H groups in total. The van der Waals surface area contributed by atoms with Gasteiger partial charge in [-0.3, -0.25) is 9.52 Å². The number of hydrogen-bond donors (Lipinski definition) is 2. The van der Waals surface area contributed by atoms with Gasteiger partial charge in [-0.25, -0.2) is 8.42 Å². The maximum absolute atomic E-state index is 12.7. The molecule has 30 heavy (non-hydrogen) atoms. The van der Waals surface area contributed by atoms with Crippen LogP contribution in [0, 0.1) is 13.8 Å². The first-order valence-corrected chi connectivity index (χ1v) is 12.0. The SMILES string of the molecule is Cc1ccc(SCCNC(=O)c2cccc(S(=O)(=O)Nc3cccc(C)c3)c2)cc1. The molecule has 0 bridgehead atoms. The highest BCUT2D eigenvalue weighted by Crippen LogP contribution is 2.19. The van der Waals surface area contributed by atoms with E-state index in [1.165, 1.54) is 17.7 Å². The van der Waals surface area contributed by atoms with E-state index in [2.05, 4.69) is 34.3 Å². The Bertz CT molecular complexity index is 1130. The van der Waals surface area contributed by atoms with Crippen molar-refractivity contribution in [3.63, 3.8) is 0 Å². The van der Waals surface area contributed by atoms with Gasteiger partial charge in [0.15, 0.2) is 0 Å². The van der Waals surface area contributed by atoms with Crippen molar-refractivity contribution < 1.29 is 13.2 Å². The fraction of sp³-hybridized carbons (Fsp3) is 0.174. The number of benzene rings is 3. The van der Waals surface area contributed by atoms with Crippen LogP contribution in [0.15, 0.2) is 82.6 Å². The second-order valence-electron chi connectivity index (χ2n) is 6.92. The van der Waals surface area contributed by atoms with Crippen molar-refractivity contribution in [2.45, 2.75) is 23.6 Å². The smallest absolute Gasteiger partial charge is 0.261 e. The molecule has 0 atom stereocenters. The molecule has 3 aromatic rings. The minimum atomic E-state index is -3.78. The van der Waals surface area contributed by atoms with Crippen LogP contribution >= 0.6 is 11.8 Å². The molecular weight excluding hydrogens is 416 g/mol. The van der Waals surface area contributed by atoms with Crippen molar-refractivity contribution in [1.82, 2.24) is 5.32 Å². The fourth-order valence-electron chi connectivity index (χ4n) is 2.80. The van der Waals surface area contributed by atoms with Crippen LogP contribution in [-0.2, 0) is 10.0 Å². The normalized spacial score (nSPS) is 11.1. The highest BCUT2D eigenvalue weighted by Gasteiger charge is 2.16. The molecule has 3 rings (SSSR count). The average Bonchev–Trinajstić information content (AvgIpc) is 2.72. The largest absolute Gasteiger partial charge is 0.351 e. The van der Waals surface area contributed by atoms with Gasteiger partial charge in [-0.15, -0.1) is 11.8 Å². The Morgan fingerprint density at radius 1 is 0.900 bits per heavy atom. The predicted octanol–water partition coefficient (Wildman–Crippen LogP) is 4.63. The molecule has 0 aliphatic heterocycles. The van der Waals surface area contributed by atoms with Crippen LogP contribution in [0.3, 0.4) is 0 Å². The number of nitrogens with one attached hydrogen (secondary N) is 2. The molecule has 156 valence electrons. The molecule has 0 aliphatic carbocycles. The van der Waals surface area contributed by atoms with Crippen molar-refractivity contribution in [1.29, 1.82) is 0 Å². The zero-order chi connectivity index (χ0) is 21.6. The topological polar surface area (TPSA) is 75.3 Å². The van der Waals surface area contributed by atoms with Crippen LogP contribution in [0.25, 0.3) is 0 Å². The van der Waals surface area contributed by atoms with E-state index in [9.17, 15) is 13.2 Å². The van der Waals surface area contributed by atoms with Crippen molar-refractivity contribution in [2.75, 3.05) is 17.0 Å². The number of carbonyl (C=O) groups is 1. The van der Waals surface area contributed by atoms with Gasteiger partial charge in [0.1, 0.15) is 0 Å². The molecule has 1 amide bonds. The van der Waals surface area contributed by atoms with Gasteiger partial charge in [-0.1, -0.05) is 35.9 Å². The molecule has 0 heterocycles. The fourth-order valence-corrected chi connectivity index (χ4v) is 4.66. The molecular formula is C23H24N2O3S2. The molecule has 0 fully saturated rings. The van der Waals surface area contributed by atoms with E-state index in [-0.39, 0.29) is 10.8 Å². The third-order valence-corrected chi connectivity index (χ3v) is 6.75. The minimum absolute atomic E-state index is 0.0469. The quantitative estimate of drug-likeness (QED) is 0.396. The van der Waals surface area contributed by atoms with Gasteiger partial charge >= 0.3 is 0 Å². The third kappa shape index (κ3) is 6.11. The molecule has 5 nitrogen and oxygen atoms in total. The van der Waals surface area contributed by atoms with E-state index < -0.39 is 10.0 Å². The van der Waals surface area contributed by atoms with Crippen LogP contribution in [0.5, 0.6) is 0 Å². The van der Waals surface area contributed by atoms with Crippen molar-refractivity contribution in [3.05, 3.63) is 89.5 Å². The van der Waals surface area contributed by atoms with Crippen LogP contribution in [0.4, 0.5) is 5.69 Å². The first-order valence-electron chi connectivity index (χ1n) is 9.51. The summed E-state index contributed by atoms with van der Waals surface area (Å²) in [5, 5.41) is 2.84. The molecule has 0 aliphatic rings. The van der Waals surface area contributed by atoms with Gasteiger partial charge in [0, 0.05) is 28.4 Å². The Morgan fingerprint density at radius 3 is 2.37 bits per heavy atom. The lowest BCUT2D eigenvalue weighted by Gasteiger charge is -2.10. The monoisotopic (exact) mass is 440 g/mol. The Balaban J connectivity index is 1.59. The molecule has 0 aromatic heterocycles. The maximum atomic E-state index is 12.7. The van der Waals surface area contributed by atoms with E-state index in [0.29, 0.717) is 17.8 Å². The van der Waals surface area contributed by atoms with Crippen LogP contribution in [0.2, 0.25) is 0 Å². The lowest BCUT2D eigenvalue weighted by Crippen LogP contribution is -2.26. The molecule has 0 saturated carbocycles. The highest BCUT2D eigenvalue weighted by atomic mass is 32.2. The van der Waals surface area contributed by atoms with Crippen LogP contribution in [-0.4, -0.2) is 26.6 Å². The number of thioether (sulfide) groups is 1. The Labute approximate surface area is 182 Å². The van der Waals surface area contributed by atoms with Gasteiger partial charge in [0.25, 0.3) is 15.9 Å². The van der Waals surface area contributed by atoms with E-state index >= 15 is 0 Å². The molecule has 0 unspecified atom stereocenters. The minimum Gasteiger partial charge on any atom is -0.351 e. The summed E-state index contributed by atoms with van der Waals surface area (Å²) in [5.74, 6) is 0.425. The summed E-state index contributed by atoms with van der Waals surface area (Å²) in [7, 11) is -3.78. The number of sulfonamides is 1. The van der Waals surface area contributed by atoms with Crippen LogP contribution < -0.4 is 10.0 Å². The number of amides is 1. The Hall–Kier alpha value is -2.77. The first kappa shape index (κ1) is 21.9. The van der Waals surface area contributed by atoms with Gasteiger partial charge in [-0.05, 0) is 61.9 Å². The lowest BCUT2D eigenvalue weighted by molar-refractivity contribution is 0.0956. The summed E-state index contributed by atoms with van der Waals surface area (Å²) in [5.41, 5.74) is 2.95. The van der Waals surface area contributed by atoms with Gasteiger partial charge in [-0.2, -0.15) is 0 Å². The molecule has 0 saturated heterocycles. The Morgan fingerprint density at radius 2 is 1.63 bits per heavy atom. The summed E-state index contributed by atoms with van der Waals surface area (Å²) in [6, 6.07) is 21.4. The van der Waals surface area contributed by atoms with Gasteiger partial charge in [0.05, 0.1) is 4.90 Å². The number of hydrogen-bond acceptors (Lipinski definition) is 4. The van der Waals surface area contributed by atoms with E-state index in [4.69, 9.17) is 0 Å². The molecule has 0 spiro atoms. The Kier molecular flexibility index (Phi) is 7.18. The summed E-state index contributed by atoms with van der Waals surface area (Å²) in [4.78, 5) is 13.6. The second kappa shape index (κ2) is 9.82. The van der Waals surface area contributed by atoms with Crippen molar-refractivity contribution in [2.24, 2.45) is 0 Å². The third-order valence-electron chi connectivity index (χ3n) is 4.35. The van der Waals surface area contributed by atoms with E-state index in [1.54, 1.807) is 42.1 Å². The number of rotatable bonds is 8. The van der Waals surface area contributed by atoms with Gasteiger partial charge < -0.3 is 5.32 Å². The van der Waals surface area contributed by atoms with Crippen molar-refractivity contribution >= 4 is 33.4 Å². The summed E-state index contributed by atoms with van der Waals surface area (Å²) in [6.07, 6.45) is 0. The maximum Gasteiger partial charge on any atom is 0.261 e. The number of anilines is 1. The molecule has 7 heteroatoms. The molecule has 0 radical (unpaired) electrons. The van der Waals surface area contributed by atoms with Gasteiger partial charge in [0.2, 0.25) is 0 Å². The predicted molar refractivity (Wildman–Crippen MR) is 123 cm³/mol. The zero-order valence-electron chi connectivity index (χ0n) is 16.9. The first-order chi connectivity index (χ1) is 14.3. The summed E-state index contributed by atoms with van der Waals surface area (Å²) >= 11 is 1.66. The molecule has 3 aromatic carbocycles. The average molecular weight is 441 g/mol. The van der Waals surface area contributed by atoms with Crippen molar-refractivity contribution in [3.8, 4) is 0 Å². The summed E-state index contributed by atoms with van der Waals surface area (Å²) < 4.78 is 27.9. The number of carbonyl (C=O) groups excluding carboxylic acids is 1. The lowest BCUT2D eigenvalue weighted by atomic mass is 10.2. The standard InChI is InChI=1S/C23H24N2O3S2/c1-17-9-11-21(12-10-17)29-14-13-24-23(26)19-6-4-8-22(16-19)30(27,28)25-20-7-3-5-18(2)15-20/h3-12,15-16,25H,13-14H2,1-2H3,(H,24,26). The number of aryl methyl sites for hydroxylation is 2. The van der Waals surface area contributed by atoms with E-state index in [1.807, 2.05) is 19.9 Å². The second-order valence-corrected chi connectivity index (χ2v) is 9.77. The summed E-state index contributed by atoms with van der Waals surface area (Å²) in [6.45, 7) is 4.41.